The Labute approximate surface area is 116 Å². The lowest BCUT2D eigenvalue weighted by molar-refractivity contribution is 0.389. The van der Waals surface area contributed by atoms with Crippen molar-refractivity contribution >= 4 is 21.4 Å². The zero-order chi connectivity index (χ0) is 13.9. The first-order valence-corrected chi connectivity index (χ1v) is 8.11. The molecule has 0 unspecified atom stereocenters. The first kappa shape index (κ1) is 14.3. The van der Waals surface area contributed by atoms with Gasteiger partial charge in [-0.2, -0.15) is 11.3 Å². The number of nitrogens with one attached hydrogen (secondary N) is 1. The molecular weight excluding hydrogens is 284 g/mol. The minimum absolute atomic E-state index is 0.0233. The molecule has 2 rings (SSSR count). The lowest BCUT2D eigenvalue weighted by Crippen LogP contribution is -2.21. The summed E-state index contributed by atoms with van der Waals surface area (Å²) < 4.78 is 30.1. The fourth-order valence-corrected chi connectivity index (χ4v) is 2.98. The summed E-state index contributed by atoms with van der Waals surface area (Å²) in [7, 11) is -0.527. The van der Waals surface area contributed by atoms with Gasteiger partial charge in [-0.3, -0.25) is 0 Å². The number of rotatable bonds is 6. The molecule has 0 saturated heterocycles. The summed E-state index contributed by atoms with van der Waals surface area (Å²) in [5.74, 6) is 0.607. The molecule has 0 saturated carbocycles. The van der Waals surface area contributed by atoms with E-state index in [-0.39, 0.29) is 5.09 Å². The maximum Gasteiger partial charge on any atom is 0.275 e. The van der Waals surface area contributed by atoms with Gasteiger partial charge in [-0.15, -0.1) is 0 Å². The normalized spacial score (nSPS) is 12.2. The molecule has 0 atom stereocenters. The second kappa shape index (κ2) is 5.87. The molecule has 0 aliphatic carbocycles. The molecule has 0 amide bonds. The summed E-state index contributed by atoms with van der Waals surface area (Å²) in [6.45, 7) is 1.23. The average molecular weight is 300 g/mol. The summed E-state index contributed by atoms with van der Waals surface area (Å²) in [4.78, 5) is 0. The molecule has 0 radical (unpaired) electrons. The summed E-state index contributed by atoms with van der Waals surface area (Å²) in [5.41, 5.74) is 1.21. The second-order valence-electron chi connectivity index (χ2n) is 4.24. The Kier molecular flexibility index (Phi) is 4.41. The molecule has 2 heterocycles. The van der Waals surface area contributed by atoms with Crippen LogP contribution in [0.1, 0.15) is 11.3 Å². The lowest BCUT2D eigenvalue weighted by Gasteiger charge is -2.07. The van der Waals surface area contributed by atoms with E-state index in [9.17, 15) is 8.42 Å². The summed E-state index contributed by atoms with van der Waals surface area (Å²) in [6, 6.07) is 5.20. The van der Waals surface area contributed by atoms with Crippen LogP contribution in [0.25, 0.3) is 0 Å². The van der Waals surface area contributed by atoms with Crippen molar-refractivity contribution in [2.45, 2.75) is 18.2 Å². The third-order valence-electron chi connectivity index (χ3n) is 2.58. The Hall–Kier alpha value is -1.15. The molecule has 2 aromatic heterocycles. The average Bonchev–Trinajstić information content (AvgIpc) is 2.99. The third kappa shape index (κ3) is 3.44. The van der Waals surface area contributed by atoms with Gasteiger partial charge in [0.1, 0.15) is 5.76 Å². The number of nitrogens with zero attached hydrogens (tertiary/aromatic N) is 1. The van der Waals surface area contributed by atoms with Crippen LogP contribution in [0.4, 0.5) is 0 Å². The number of thiophene rings is 1. The molecule has 0 bridgehead atoms. The molecule has 7 heteroatoms. The van der Waals surface area contributed by atoms with Crippen LogP contribution in [0, 0.1) is 0 Å². The quantitative estimate of drug-likeness (QED) is 0.885. The van der Waals surface area contributed by atoms with Crippen LogP contribution < -0.4 is 5.32 Å². The van der Waals surface area contributed by atoms with Crippen molar-refractivity contribution in [3.63, 3.8) is 0 Å². The van der Waals surface area contributed by atoms with Crippen molar-refractivity contribution in [1.29, 1.82) is 0 Å². The Morgan fingerprint density at radius 2 is 2.05 bits per heavy atom. The van der Waals surface area contributed by atoms with Gasteiger partial charge < -0.3 is 9.73 Å². The molecule has 0 aromatic carbocycles. The second-order valence-corrected chi connectivity index (χ2v) is 7.11. The van der Waals surface area contributed by atoms with E-state index in [0.717, 1.165) is 10.8 Å². The summed E-state index contributed by atoms with van der Waals surface area (Å²) in [5, 5.41) is 7.27. The van der Waals surface area contributed by atoms with Crippen LogP contribution in [0.2, 0.25) is 0 Å². The van der Waals surface area contributed by atoms with Gasteiger partial charge in [-0.05, 0) is 34.5 Å². The predicted octanol–water partition coefficient (Wildman–Crippen LogP) is 1.88. The van der Waals surface area contributed by atoms with Crippen molar-refractivity contribution in [3.05, 3.63) is 40.3 Å². The fourth-order valence-electron chi connectivity index (χ4n) is 1.50. The minimum Gasteiger partial charge on any atom is -0.447 e. The van der Waals surface area contributed by atoms with E-state index in [1.807, 2.05) is 11.4 Å². The Bertz CT molecular complexity index is 615. The van der Waals surface area contributed by atoms with Crippen LogP contribution >= 0.6 is 11.3 Å². The highest BCUT2D eigenvalue weighted by Crippen LogP contribution is 2.16. The largest absolute Gasteiger partial charge is 0.447 e. The van der Waals surface area contributed by atoms with Crippen molar-refractivity contribution in [2.75, 3.05) is 14.1 Å². The Morgan fingerprint density at radius 3 is 2.68 bits per heavy atom. The highest BCUT2D eigenvalue weighted by Gasteiger charge is 2.21. The van der Waals surface area contributed by atoms with Crippen molar-refractivity contribution in [2.24, 2.45) is 0 Å². The molecule has 0 fully saturated rings. The van der Waals surface area contributed by atoms with Crippen LogP contribution in [-0.2, 0) is 23.1 Å². The maximum atomic E-state index is 11.8. The first-order valence-electron chi connectivity index (χ1n) is 5.73. The third-order valence-corrected chi connectivity index (χ3v) is 5.00. The van der Waals surface area contributed by atoms with E-state index in [0.29, 0.717) is 12.3 Å². The van der Waals surface area contributed by atoms with Crippen molar-refractivity contribution in [3.8, 4) is 0 Å². The summed E-state index contributed by atoms with van der Waals surface area (Å²) >= 11 is 1.65. The number of furan rings is 1. The Morgan fingerprint density at radius 1 is 1.26 bits per heavy atom. The van der Waals surface area contributed by atoms with E-state index < -0.39 is 10.0 Å². The Balaban J connectivity index is 1.94. The van der Waals surface area contributed by atoms with E-state index >= 15 is 0 Å². The molecule has 19 heavy (non-hydrogen) atoms. The van der Waals surface area contributed by atoms with Gasteiger partial charge >= 0.3 is 0 Å². The molecule has 0 aliphatic heterocycles. The molecule has 0 spiro atoms. The van der Waals surface area contributed by atoms with Gasteiger partial charge in [0.15, 0.2) is 0 Å². The summed E-state index contributed by atoms with van der Waals surface area (Å²) in [6.07, 6.45) is 0. The predicted molar refractivity (Wildman–Crippen MR) is 74.4 cm³/mol. The molecule has 2 aromatic rings. The van der Waals surface area contributed by atoms with Gasteiger partial charge in [0.2, 0.25) is 5.09 Å². The van der Waals surface area contributed by atoms with E-state index in [1.165, 1.54) is 25.7 Å². The monoisotopic (exact) mass is 300 g/mol. The van der Waals surface area contributed by atoms with Crippen LogP contribution in [0.3, 0.4) is 0 Å². The van der Waals surface area contributed by atoms with Gasteiger partial charge in [-0.1, -0.05) is 0 Å². The van der Waals surface area contributed by atoms with Crippen molar-refractivity contribution in [1.82, 2.24) is 9.62 Å². The van der Waals surface area contributed by atoms with Crippen LogP contribution in [0.5, 0.6) is 0 Å². The number of hydrogen-bond donors (Lipinski definition) is 1. The minimum atomic E-state index is -3.48. The first-order chi connectivity index (χ1) is 9.00. The smallest absolute Gasteiger partial charge is 0.275 e. The molecule has 1 N–H and O–H groups in total. The highest BCUT2D eigenvalue weighted by atomic mass is 32.2. The molecule has 5 nitrogen and oxygen atoms in total. The number of hydrogen-bond acceptors (Lipinski definition) is 5. The van der Waals surface area contributed by atoms with E-state index in [1.54, 1.807) is 17.4 Å². The van der Waals surface area contributed by atoms with Crippen LogP contribution in [0.15, 0.2) is 38.5 Å². The van der Waals surface area contributed by atoms with E-state index in [2.05, 4.69) is 10.7 Å². The molecular formula is C12H16N2O3S2. The van der Waals surface area contributed by atoms with Gasteiger partial charge in [0.25, 0.3) is 10.0 Å². The van der Waals surface area contributed by atoms with Gasteiger partial charge in [-0.25, -0.2) is 12.7 Å². The standard InChI is InChI=1S/C12H16N2O3S2/c1-14(2)19(15,16)12-4-3-11(17-12)8-13-7-10-5-6-18-9-10/h3-6,9,13H,7-8H2,1-2H3. The van der Waals surface area contributed by atoms with Crippen LogP contribution in [-0.4, -0.2) is 26.8 Å². The maximum absolute atomic E-state index is 11.8. The zero-order valence-corrected chi connectivity index (χ0v) is 12.4. The van der Waals surface area contributed by atoms with Crippen molar-refractivity contribution < 1.29 is 12.8 Å². The topological polar surface area (TPSA) is 62.6 Å². The molecule has 0 aliphatic rings. The van der Waals surface area contributed by atoms with Gasteiger partial charge in [0.05, 0.1) is 6.54 Å². The molecule has 104 valence electrons. The highest BCUT2D eigenvalue weighted by molar-refractivity contribution is 7.88. The van der Waals surface area contributed by atoms with E-state index in [4.69, 9.17) is 4.42 Å². The zero-order valence-electron chi connectivity index (χ0n) is 10.8. The SMILES string of the molecule is CN(C)S(=O)(=O)c1ccc(CNCc2ccsc2)o1. The number of sulfonamides is 1. The fraction of sp³-hybridized carbons (Fsp3) is 0.333. The lowest BCUT2D eigenvalue weighted by atomic mass is 10.3. The van der Waals surface area contributed by atoms with Gasteiger partial charge in [0, 0.05) is 20.6 Å².